The average molecular weight is 190 g/mol. The van der Waals surface area contributed by atoms with Gasteiger partial charge in [0.1, 0.15) is 5.60 Å². The minimum Gasteiger partial charge on any atom is -0.459 e. The van der Waals surface area contributed by atoms with Crippen molar-refractivity contribution in [3.63, 3.8) is 0 Å². The Morgan fingerprint density at radius 3 is 2.25 bits per heavy atom. The van der Waals surface area contributed by atoms with Crippen molar-refractivity contribution in [2.75, 3.05) is 5.75 Å². The van der Waals surface area contributed by atoms with Crippen LogP contribution in [-0.2, 0) is 9.53 Å². The minimum atomic E-state index is -0.353. The highest BCUT2D eigenvalue weighted by atomic mass is 32.2. The molecule has 0 aromatic rings. The summed E-state index contributed by atoms with van der Waals surface area (Å²) in [4.78, 5) is 11.1. The molecule has 0 aliphatic rings. The summed E-state index contributed by atoms with van der Waals surface area (Å²) in [5.74, 6) is 0.329. The maximum atomic E-state index is 11.1. The second-order valence-corrected chi connectivity index (χ2v) is 5.51. The molecule has 12 heavy (non-hydrogen) atoms. The summed E-state index contributed by atoms with van der Waals surface area (Å²) in [6.07, 6.45) is 0. The number of carbonyl (C=O) groups excluding carboxylic acids is 1. The molecule has 0 saturated carbocycles. The molecular formula is C9H18O2S. The summed E-state index contributed by atoms with van der Waals surface area (Å²) in [5.41, 5.74) is -0.353. The van der Waals surface area contributed by atoms with Gasteiger partial charge in [-0.05, 0) is 26.0 Å². The van der Waals surface area contributed by atoms with Crippen molar-refractivity contribution in [2.24, 2.45) is 0 Å². The van der Waals surface area contributed by atoms with E-state index in [1.807, 2.05) is 20.8 Å². The van der Waals surface area contributed by atoms with Gasteiger partial charge >= 0.3 is 5.97 Å². The smallest absolute Gasteiger partial charge is 0.316 e. The van der Waals surface area contributed by atoms with Gasteiger partial charge in [-0.15, -0.1) is 11.8 Å². The van der Waals surface area contributed by atoms with Crippen LogP contribution in [0.1, 0.15) is 34.6 Å². The molecule has 0 N–H and O–H groups in total. The molecule has 0 aromatic heterocycles. The first-order chi connectivity index (χ1) is 5.31. The number of hydrogen-bond donors (Lipinski definition) is 0. The van der Waals surface area contributed by atoms with Crippen molar-refractivity contribution in [3.05, 3.63) is 0 Å². The van der Waals surface area contributed by atoms with Gasteiger partial charge in [0.05, 0.1) is 5.75 Å². The topological polar surface area (TPSA) is 26.3 Å². The molecule has 0 aliphatic carbocycles. The molecule has 3 heteroatoms. The first-order valence-electron chi connectivity index (χ1n) is 4.15. The van der Waals surface area contributed by atoms with E-state index in [1.54, 1.807) is 11.8 Å². The lowest BCUT2D eigenvalue weighted by Gasteiger charge is -2.19. The fourth-order valence-corrected chi connectivity index (χ4v) is 1.13. The third-order valence-electron chi connectivity index (χ3n) is 0.955. The summed E-state index contributed by atoms with van der Waals surface area (Å²) in [7, 11) is 0. The van der Waals surface area contributed by atoms with Crippen LogP contribution in [0.15, 0.2) is 0 Å². The van der Waals surface area contributed by atoms with Crippen LogP contribution in [0.4, 0.5) is 0 Å². The van der Waals surface area contributed by atoms with Gasteiger partial charge in [0, 0.05) is 0 Å². The standard InChI is InChI=1S/C9H18O2S/c1-7(2)12-6-8(10)11-9(3,4)5/h7H,6H2,1-5H3. The van der Waals surface area contributed by atoms with Crippen LogP contribution >= 0.6 is 11.8 Å². The number of rotatable bonds is 3. The van der Waals surface area contributed by atoms with Gasteiger partial charge in [0.2, 0.25) is 0 Å². The molecule has 0 unspecified atom stereocenters. The van der Waals surface area contributed by atoms with Gasteiger partial charge in [0.25, 0.3) is 0 Å². The van der Waals surface area contributed by atoms with Gasteiger partial charge in [-0.2, -0.15) is 0 Å². The van der Waals surface area contributed by atoms with E-state index in [1.165, 1.54) is 0 Å². The Kier molecular flexibility index (Phi) is 4.68. The molecule has 0 saturated heterocycles. The first-order valence-corrected chi connectivity index (χ1v) is 5.19. The zero-order chi connectivity index (χ0) is 9.78. The van der Waals surface area contributed by atoms with Gasteiger partial charge in [-0.1, -0.05) is 13.8 Å². The molecule has 0 heterocycles. The van der Waals surface area contributed by atoms with E-state index in [9.17, 15) is 4.79 Å². The number of esters is 1. The minimum absolute atomic E-state index is 0.124. The highest BCUT2D eigenvalue weighted by Crippen LogP contribution is 2.12. The SMILES string of the molecule is CC(C)SCC(=O)OC(C)(C)C. The van der Waals surface area contributed by atoms with Crippen molar-refractivity contribution in [1.29, 1.82) is 0 Å². The Labute approximate surface area is 79.1 Å². The molecule has 72 valence electrons. The number of carbonyl (C=O) groups is 1. The van der Waals surface area contributed by atoms with E-state index in [2.05, 4.69) is 13.8 Å². The number of thioether (sulfide) groups is 1. The Balaban J connectivity index is 3.61. The van der Waals surface area contributed by atoms with E-state index >= 15 is 0 Å². The maximum Gasteiger partial charge on any atom is 0.316 e. The van der Waals surface area contributed by atoms with E-state index in [0.29, 0.717) is 11.0 Å². The van der Waals surface area contributed by atoms with Crippen LogP contribution in [0.25, 0.3) is 0 Å². The molecule has 0 aliphatic heterocycles. The lowest BCUT2D eigenvalue weighted by Crippen LogP contribution is -2.25. The predicted molar refractivity (Wildman–Crippen MR) is 53.4 cm³/mol. The van der Waals surface area contributed by atoms with Crippen LogP contribution in [0, 0.1) is 0 Å². The van der Waals surface area contributed by atoms with Crippen LogP contribution in [0.5, 0.6) is 0 Å². The molecule has 0 bridgehead atoms. The third-order valence-corrected chi connectivity index (χ3v) is 2.02. The van der Waals surface area contributed by atoms with Gasteiger partial charge < -0.3 is 4.74 Å². The lowest BCUT2D eigenvalue weighted by molar-refractivity contribution is -0.151. The molecular weight excluding hydrogens is 172 g/mol. The largest absolute Gasteiger partial charge is 0.459 e. The zero-order valence-electron chi connectivity index (χ0n) is 8.51. The molecule has 2 nitrogen and oxygen atoms in total. The summed E-state index contributed by atoms with van der Waals surface area (Å²) < 4.78 is 5.13. The zero-order valence-corrected chi connectivity index (χ0v) is 9.33. The molecule has 0 fully saturated rings. The quantitative estimate of drug-likeness (QED) is 0.639. The van der Waals surface area contributed by atoms with E-state index in [-0.39, 0.29) is 11.6 Å². The van der Waals surface area contributed by atoms with Crippen molar-refractivity contribution >= 4 is 17.7 Å². The predicted octanol–water partition coefficient (Wildman–Crippen LogP) is 2.47. The van der Waals surface area contributed by atoms with Crippen molar-refractivity contribution in [2.45, 2.75) is 45.5 Å². The maximum absolute atomic E-state index is 11.1. The lowest BCUT2D eigenvalue weighted by atomic mass is 10.2. The Hall–Kier alpha value is -0.180. The van der Waals surface area contributed by atoms with Gasteiger partial charge in [-0.25, -0.2) is 0 Å². The third kappa shape index (κ3) is 7.92. The van der Waals surface area contributed by atoms with Crippen molar-refractivity contribution in [1.82, 2.24) is 0 Å². The molecule has 0 radical (unpaired) electrons. The molecule has 0 rings (SSSR count). The van der Waals surface area contributed by atoms with E-state index in [0.717, 1.165) is 0 Å². The highest BCUT2D eigenvalue weighted by molar-refractivity contribution is 8.00. The summed E-state index contributed by atoms with van der Waals surface area (Å²) in [6.45, 7) is 9.77. The first kappa shape index (κ1) is 11.8. The summed E-state index contributed by atoms with van der Waals surface area (Å²) in [5, 5.41) is 0.484. The van der Waals surface area contributed by atoms with Crippen LogP contribution in [0.2, 0.25) is 0 Å². The molecule has 0 amide bonds. The summed E-state index contributed by atoms with van der Waals surface area (Å²) in [6, 6.07) is 0. The van der Waals surface area contributed by atoms with Gasteiger partial charge in [-0.3, -0.25) is 4.79 Å². The fraction of sp³-hybridized carbons (Fsp3) is 0.889. The van der Waals surface area contributed by atoms with Crippen molar-refractivity contribution in [3.8, 4) is 0 Å². The van der Waals surface area contributed by atoms with E-state index in [4.69, 9.17) is 4.74 Å². The molecule has 0 aromatic carbocycles. The monoisotopic (exact) mass is 190 g/mol. The van der Waals surface area contributed by atoms with E-state index < -0.39 is 0 Å². The molecule has 0 atom stereocenters. The van der Waals surface area contributed by atoms with Crippen LogP contribution in [0.3, 0.4) is 0 Å². The van der Waals surface area contributed by atoms with Crippen molar-refractivity contribution < 1.29 is 9.53 Å². The second-order valence-electron chi connectivity index (χ2n) is 3.95. The molecule has 0 spiro atoms. The normalized spacial score (nSPS) is 11.8. The average Bonchev–Trinajstić information content (AvgIpc) is 1.79. The van der Waals surface area contributed by atoms with Crippen LogP contribution < -0.4 is 0 Å². The Bertz CT molecular complexity index is 147. The van der Waals surface area contributed by atoms with Crippen LogP contribution in [-0.4, -0.2) is 22.6 Å². The fourth-order valence-electron chi connectivity index (χ4n) is 0.606. The Morgan fingerprint density at radius 2 is 1.92 bits per heavy atom. The highest BCUT2D eigenvalue weighted by Gasteiger charge is 2.16. The second kappa shape index (κ2) is 4.75. The number of hydrogen-bond acceptors (Lipinski definition) is 3. The Morgan fingerprint density at radius 1 is 1.42 bits per heavy atom. The summed E-state index contributed by atoms with van der Waals surface area (Å²) >= 11 is 1.61. The number of ether oxygens (including phenoxy) is 1. The van der Waals surface area contributed by atoms with Gasteiger partial charge in [0.15, 0.2) is 0 Å².